The molecule has 114 valence electrons. The number of pyridine rings is 1. The first kappa shape index (κ1) is 15.8. The van der Waals surface area contributed by atoms with Gasteiger partial charge in [-0.2, -0.15) is 0 Å². The van der Waals surface area contributed by atoms with Gasteiger partial charge >= 0.3 is 5.97 Å². The quantitative estimate of drug-likeness (QED) is 0.841. The molecule has 1 aromatic rings. The lowest BCUT2D eigenvalue weighted by atomic mass is 9.90. The second-order valence-electron chi connectivity index (χ2n) is 5.56. The number of halogens is 1. The lowest BCUT2D eigenvalue weighted by molar-refractivity contribution is -0.145. The summed E-state index contributed by atoms with van der Waals surface area (Å²) in [5.41, 5.74) is -0.270. The van der Waals surface area contributed by atoms with Crippen LogP contribution in [-0.2, 0) is 4.79 Å². The molecular formula is C15H19ClN2O3. The van der Waals surface area contributed by atoms with E-state index < -0.39 is 17.4 Å². The number of nitrogens with one attached hydrogen (secondary N) is 1. The Morgan fingerprint density at radius 2 is 1.90 bits per heavy atom. The van der Waals surface area contributed by atoms with Crippen LogP contribution in [-0.4, -0.2) is 27.5 Å². The third-order valence-corrected chi connectivity index (χ3v) is 4.27. The van der Waals surface area contributed by atoms with E-state index in [1.165, 1.54) is 6.20 Å². The second-order valence-corrected chi connectivity index (χ2v) is 5.97. The van der Waals surface area contributed by atoms with Crippen molar-refractivity contribution in [1.29, 1.82) is 0 Å². The highest BCUT2D eigenvalue weighted by molar-refractivity contribution is 6.33. The topological polar surface area (TPSA) is 79.3 Å². The molecule has 0 bridgehead atoms. The van der Waals surface area contributed by atoms with Gasteiger partial charge in [0.1, 0.15) is 5.54 Å². The Kier molecular flexibility index (Phi) is 4.83. The van der Waals surface area contributed by atoms with Crippen molar-refractivity contribution >= 4 is 23.5 Å². The van der Waals surface area contributed by atoms with Gasteiger partial charge in [-0.15, -0.1) is 0 Å². The molecule has 21 heavy (non-hydrogen) atoms. The van der Waals surface area contributed by atoms with Gasteiger partial charge in [-0.25, -0.2) is 4.79 Å². The zero-order valence-corrected chi connectivity index (χ0v) is 12.7. The normalized spacial score (nSPS) is 17.8. The standard InChI is InChI=1S/C15H19ClN2O3/c1-10-8-12(16)11(9-17-10)13(19)18-15(14(20)21)6-4-2-3-5-7-15/h8-9H,2-7H2,1H3,(H,18,19)(H,20,21). The van der Waals surface area contributed by atoms with Crippen LogP contribution in [0.1, 0.15) is 54.6 Å². The Bertz CT molecular complexity index is 552. The summed E-state index contributed by atoms with van der Waals surface area (Å²) in [5.74, 6) is -1.45. The van der Waals surface area contributed by atoms with E-state index >= 15 is 0 Å². The van der Waals surface area contributed by atoms with E-state index in [0.29, 0.717) is 18.5 Å². The molecule has 6 heteroatoms. The van der Waals surface area contributed by atoms with E-state index in [4.69, 9.17) is 11.6 Å². The third kappa shape index (κ3) is 3.53. The number of carboxylic acids is 1. The molecule has 0 aliphatic heterocycles. The predicted molar refractivity (Wildman–Crippen MR) is 79.5 cm³/mol. The van der Waals surface area contributed by atoms with Crippen LogP contribution in [0.15, 0.2) is 12.3 Å². The molecule has 0 aromatic carbocycles. The Labute approximate surface area is 128 Å². The average molecular weight is 311 g/mol. The number of rotatable bonds is 3. The summed E-state index contributed by atoms with van der Waals surface area (Å²) in [6.45, 7) is 1.78. The summed E-state index contributed by atoms with van der Waals surface area (Å²) >= 11 is 6.05. The first-order valence-electron chi connectivity index (χ1n) is 7.13. The Hall–Kier alpha value is -1.62. The molecule has 1 amide bonds. The maximum Gasteiger partial charge on any atom is 0.329 e. The minimum absolute atomic E-state index is 0.215. The highest BCUT2D eigenvalue weighted by Crippen LogP contribution is 2.28. The van der Waals surface area contributed by atoms with Crippen molar-refractivity contribution in [2.24, 2.45) is 0 Å². The molecule has 1 heterocycles. The number of aromatic nitrogens is 1. The summed E-state index contributed by atoms with van der Waals surface area (Å²) in [4.78, 5) is 28.1. The highest BCUT2D eigenvalue weighted by atomic mass is 35.5. The van der Waals surface area contributed by atoms with Crippen molar-refractivity contribution in [3.8, 4) is 0 Å². The van der Waals surface area contributed by atoms with Gasteiger partial charge < -0.3 is 10.4 Å². The molecule has 0 atom stereocenters. The van der Waals surface area contributed by atoms with Gasteiger partial charge in [-0.3, -0.25) is 9.78 Å². The average Bonchev–Trinajstić information content (AvgIpc) is 2.65. The van der Waals surface area contributed by atoms with Gasteiger partial charge in [0.25, 0.3) is 5.91 Å². The molecule has 1 aliphatic carbocycles. The van der Waals surface area contributed by atoms with Gasteiger partial charge in [-0.05, 0) is 25.8 Å². The SMILES string of the molecule is Cc1cc(Cl)c(C(=O)NC2(C(=O)O)CCCCCC2)cn1. The number of carbonyl (C=O) groups is 2. The molecule has 5 nitrogen and oxygen atoms in total. The van der Waals surface area contributed by atoms with Crippen LogP contribution < -0.4 is 5.32 Å². The minimum Gasteiger partial charge on any atom is -0.480 e. The Balaban J connectivity index is 2.24. The molecule has 0 unspecified atom stereocenters. The van der Waals surface area contributed by atoms with E-state index in [2.05, 4.69) is 10.3 Å². The molecule has 0 radical (unpaired) electrons. The van der Waals surface area contributed by atoms with Crippen LogP contribution in [0.3, 0.4) is 0 Å². The fraction of sp³-hybridized carbons (Fsp3) is 0.533. The van der Waals surface area contributed by atoms with Crippen LogP contribution in [0.25, 0.3) is 0 Å². The Morgan fingerprint density at radius 1 is 1.29 bits per heavy atom. The number of hydrogen-bond donors (Lipinski definition) is 2. The smallest absolute Gasteiger partial charge is 0.329 e. The number of hydrogen-bond acceptors (Lipinski definition) is 3. The molecule has 1 saturated carbocycles. The van der Waals surface area contributed by atoms with E-state index in [9.17, 15) is 14.7 Å². The number of carboxylic acid groups (broad SMARTS) is 1. The molecule has 2 N–H and O–H groups in total. The maximum absolute atomic E-state index is 12.4. The lowest BCUT2D eigenvalue weighted by Gasteiger charge is -2.29. The van der Waals surface area contributed by atoms with E-state index in [1.54, 1.807) is 13.0 Å². The van der Waals surface area contributed by atoms with Crippen LogP contribution in [0.4, 0.5) is 0 Å². The van der Waals surface area contributed by atoms with Crippen molar-refractivity contribution < 1.29 is 14.7 Å². The summed E-state index contributed by atoms with van der Waals surface area (Å²) in [6, 6.07) is 1.59. The van der Waals surface area contributed by atoms with Crippen LogP contribution >= 0.6 is 11.6 Å². The largest absolute Gasteiger partial charge is 0.480 e. The second kappa shape index (κ2) is 6.43. The molecule has 0 spiro atoms. The minimum atomic E-state index is -1.19. The number of nitrogens with zero attached hydrogens (tertiary/aromatic N) is 1. The van der Waals surface area contributed by atoms with Gasteiger partial charge in [-0.1, -0.05) is 37.3 Å². The predicted octanol–water partition coefficient (Wildman–Crippen LogP) is 2.95. The zero-order chi connectivity index (χ0) is 15.5. The number of amides is 1. The lowest BCUT2D eigenvalue weighted by Crippen LogP contribution is -2.54. The molecule has 0 saturated heterocycles. The van der Waals surface area contributed by atoms with Gasteiger partial charge in [0.2, 0.25) is 0 Å². The van der Waals surface area contributed by atoms with E-state index in [0.717, 1.165) is 25.7 Å². The summed E-state index contributed by atoms with van der Waals surface area (Å²) in [6.07, 6.45) is 5.88. The van der Waals surface area contributed by atoms with Crippen molar-refractivity contribution in [1.82, 2.24) is 10.3 Å². The summed E-state index contributed by atoms with van der Waals surface area (Å²) in [5, 5.41) is 12.5. The fourth-order valence-corrected chi connectivity index (χ4v) is 3.00. The number of aryl methyl sites for hydroxylation is 1. The van der Waals surface area contributed by atoms with Gasteiger partial charge in [0.15, 0.2) is 0 Å². The first-order valence-corrected chi connectivity index (χ1v) is 7.50. The van der Waals surface area contributed by atoms with Gasteiger partial charge in [0, 0.05) is 11.9 Å². The third-order valence-electron chi connectivity index (χ3n) is 3.95. The Morgan fingerprint density at radius 3 is 2.43 bits per heavy atom. The van der Waals surface area contributed by atoms with Crippen molar-refractivity contribution in [3.05, 3.63) is 28.5 Å². The molecule has 1 fully saturated rings. The molecule has 2 rings (SSSR count). The highest BCUT2D eigenvalue weighted by Gasteiger charge is 2.40. The van der Waals surface area contributed by atoms with Crippen molar-refractivity contribution in [2.75, 3.05) is 0 Å². The zero-order valence-electron chi connectivity index (χ0n) is 12.0. The van der Waals surface area contributed by atoms with E-state index in [1.807, 2.05) is 0 Å². The van der Waals surface area contributed by atoms with E-state index in [-0.39, 0.29) is 10.6 Å². The fourth-order valence-electron chi connectivity index (χ4n) is 2.70. The summed E-state index contributed by atoms with van der Waals surface area (Å²) in [7, 11) is 0. The van der Waals surface area contributed by atoms with Gasteiger partial charge in [0.05, 0.1) is 10.6 Å². The van der Waals surface area contributed by atoms with Crippen LogP contribution in [0.2, 0.25) is 5.02 Å². The van der Waals surface area contributed by atoms with Crippen LogP contribution in [0.5, 0.6) is 0 Å². The maximum atomic E-state index is 12.4. The van der Waals surface area contributed by atoms with Crippen LogP contribution in [0, 0.1) is 6.92 Å². The van der Waals surface area contributed by atoms with Crippen molar-refractivity contribution in [3.63, 3.8) is 0 Å². The first-order chi connectivity index (χ1) is 9.94. The molecule has 1 aromatic heterocycles. The number of aliphatic carboxylic acids is 1. The van der Waals surface area contributed by atoms with Crippen molar-refractivity contribution in [2.45, 2.75) is 51.0 Å². The monoisotopic (exact) mass is 310 g/mol. The summed E-state index contributed by atoms with van der Waals surface area (Å²) < 4.78 is 0. The molecule has 1 aliphatic rings. The number of carbonyl (C=O) groups excluding carboxylic acids is 1. The molecular weight excluding hydrogens is 292 g/mol.